The smallest absolute Gasteiger partial charge is 0.237 e. The van der Waals surface area contributed by atoms with Gasteiger partial charge in [0.25, 0.3) is 0 Å². The first kappa shape index (κ1) is 17.1. The molecule has 7 heteroatoms. The number of carbonyl (C=O) groups is 1. The van der Waals surface area contributed by atoms with Crippen molar-refractivity contribution in [1.29, 1.82) is 0 Å². The van der Waals surface area contributed by atoms with Crippen LogP contribution in [0.4, 0.5) is 17.3 Å². The molecule has 0 aliphatic rings. The standard InChI is InChI=1S/C16H21N5OS/c1-9(2)11-6-4-5-7-12(11)19-15(22)10(3)23-16-20-13(17)8-14(18)21-16/h4-10H,1-3H3,(H,19,22)(H4,17,18,20,21). The summed E-state index contributed by atoms with van der Waals surface area (Å²) in [5.74, 6) is 0.787. The number of carbonyl (C=O) groups excluding carboxylic acids is 1. The van der Waals surface area contributed by atoms with E-state index in [0.717, 1.165) is 11.3 Å². The number of aromatic nitrogens is 2. The number of amides is 1. The predicted molar refractivity (Wildman–Crippen MR) is 95.3 cm³/mol. The summed E-state index contributed by atoms with van der Waals surface area (Å²) in [5.41, 5.74) is 13.2. The highest BCUT2D eigenvalue weighted by Crippen LogP contribution is 2.26. The molecule has 6 nitrogen and oxygen atoms in total. The number of nitrogens with two attached hydrogens (primary N) is 2. The third kappa shape index (κ3) is 4.59. The summed E-state index contributed by atoms with van der Waals surface area (Å²) < 4.78 is 0. The van der Waals surface area contributed by atoms with Crippen molar-refractivity contribution >= 4 is 35.0 Å². The van der Waals surface area contributed by atoms with Gasteiger partial charge in [0.2, 0.25) is 5.91 Å². The number of rotatable bonds is 5. The van der Waals surface area contributed by atoms with Crippen molar-refractivity contribution < 1.29 is 4.79 Å². The number of nitrogens with zero attached hydrogens (tertiary/aromatic N) is 2. The fourth-order valence-corrected chi connectivity index (χ4v) is 2.87. The molecule has 0 saturated heterocycles. The minimum Gasteiger partial charge on any atom is -0.383 e. The van der Waals surface area contributed by atoms with E-state index in [-0.39, 0.29) is 22.8 Å². The zero-order valence-corrected chi connectivity index (χ0v) is 14.2. The van der Waals surface area contributed by atoms with Crippen molar-refractivity contribution in [3.63, 3.8) is 0 Å². The summed E-state index contributed by atoms with van der Waals surface area (Å²) in [6, 6.07) is 9.26. The summed E-state index contributed by atoms with van der Waals surface area (Å²) >= 11 is 1.22. The SMILES string of the molecule is CC(Sc1nc(N)cc(N)n1)C(=O)Nc1ccccc1C(C)C. The van der Waals surface area contributed by atoms with Gasteiger partial charge < -0.3 is 16.8 Å². The van der Waals surface area contributed by atoms with E-state index in [2.05, 4.69) is 29.1 Å². The number of hydrogen-bond donors (Lipinski definition) is 3. The van der Waals surface area contributed by atoms with Crippen LogP contribution in [-0.2, 0) is 4.79 Å². The van der Waals surface area contributed by atoms with Gasteiger partial charge in [-0.05, 0) is 24.5 Å². The number of thioether (sulfide) groups is 1. The van der Waals surface area contributed by atoms with Gasteiger partial charge in [-0.2, -0.15) is 0 Å². The summed E-state index contributed by atoms with van der Waals surface area (Å²) in [6.07, 6.45) is 0. The quantitative estimate of drug-likeness (QED) is 0.574. The molecule has 0 saturated carbocycles. The second-order valence-electron chi connectivity index (χ2n) is 5.49. The first-order valence-electron chi connectivity index (χ1n) is 7.33. The van der Waals surface area contributed by atoms with Crippen LogP contribution in [0.1, 0.15) is 32.3 Å². The minimum atomic E-state index is -0.378. The highest BCUT2D eigenvalue weighted by Gasteiger charge is 2.18. The molecule has 2 aromatic rings. The molecular weight excluding hydrogens is 310 g/mol. The number of anilines is 3. The molecule has 23 heavy (non-hydrogen) atoms. The average Bonchev–Trinajstić information content (AvgIpc) is 2.46. The summed E-state index contributed by atoms with van der Waals surface area (Å²) in [7, 11) is 0. The van der Waals surface area contributed by atoms with Crippen LogP contribution in [0.3, 0.4) is 0 Å². The van der Waals surface area contributed by atoms with Crippen LogP contribution in [0.2, 0.25) is 0 Å². The molecule has 1 heterocycles. The molecule has 1 aromatic carbocycles. The Balaban J connectivity index is 2.08. The summed E-state index contributed by atoms with van der Waals surface area (Å²) in [4.78, 5) is 20.6. The first-order chi connectivity index (χ1) is 10.9. The fraction of sp³-hybridized carbons (Fsp3) is 0.312. The maximum absolute atomic E-state index is 12.4. The van der Waals surface area contributed by atoms with Gasteiger partial charge in [0.1, 0.15) is 11.6 Å². The molecule has 122 valence electrons. The fourth-order valence-electron chi connectivity index (χ4n) is 2.07. The van der Waals surface area contributed by atoms with Gasteiger partial charge in [-0.1, -0.05) is 43.8 Å². The number of para-hydroxylation sites is 1. The van der Waals surface area contributed by atoms with Gasteiger partial charge in [0, 0.05) is 11.8 Å². The van der Waals surface area contributed by atoms with Crippen LogP contribution in [0.5, 0.6) is 0 Å². The van der Waals surface area contributed by atoms with Crippen LogP contribution < -0.4 is 16.8 Å². The lowest BCUT2D eigenvalue weighted by Gasteiger charge is -2.16. The Bertz CT molecular complexity index is 684. The van der Waals surface area contributed by atoms with E-state index in [9.17, 15) is 4.79 Å². The van der Waals surface area contributed by atoms with Crippen molar-refractivity contribution in [2.45, 2.75) is 37.1 Å². The molecule has 2 rings (SSSR count). The minimum absolute atomic E-state index is 0.118. The maximum Gasteiger partial charge on any atom is 0.237 e. The number of nitrogen functional groups attached to an aromatic ring is 2. The molecule has 1 amide bonds. The van der Waals surface area contributed by atoms with Crippen molar-refractivity contribution in [2.24, 2.45) is 0 Å². The normalized spacial score (nSPS) is 12.2. The summed E-state index contributed by atoms with van der Waals surface area (Å²) in [6.45, 7) is 5.97. The highest BCUT2D eigenvalue weighted by molar-refractivity contribution is 8.00. The molecule has 0 fully saturated rings. The van der Waals surface area contributed by atoms with Crippen LogP contribution in [0.15, 0.2) is 35.5 Å². The lowest BCUT2D eigenvalue weighted by molar-refractivity contribution is -0.115. The van der Waals surface area contributed by atoms with E-state index >= 15 is 0 Å². The van der Waals surface area contributed by atoms with Gasteiger partial charge in [-0.25, -0.2) is 9.97 Å². The Kier molecular flexibility index (Phi) is 5.44. The van der Waals surface area contributed by atoms with Gasteiger partial charge in [-0.15, -0.1) is 0 Å². The largest absolute Gasteiger partial charge is 0.383 e. The van der Waals surface area contributed by atoms with E-state index in [0.29, 0.717) is 11.1 Å². The van der Waals surface area contributed by atoms with Gasteiger partial charge >= 0.3 is 0 Å². The molecule has 1 atom stereocenters. The van der Waals surface area contributed by atoms with E-state index in [1.165, 1.54) is 17.8 Å². The Morgan fingerprint density at radius 2 is 1.74 bits per heavy atom. The Morgan fingerprint density at radius 3 is 2.35 bits per heavy atom. The van der Waals surface area contributed by atoms with E-state index < -0.39 is 0 Å². The number of nitrogens with one attached hydrogen (secondary N) is 1. The second-order valence-corrected chi connectivity index (χ2v) is 6.80. The van der Waals surface area contributed by atoms with Crippen molar-refractivity contribution in [2.75, 3.05) is 16.8 Å². The third-order valence-electron chi connectivity index (χ3n) is 3.24. The lowest BCUT2D eigenvalue weighted by Crippen LogP contribution is -2.23. The zero-order valence-electron chi connectivity index (χ0n) is 13.4. The molecule has 0 aliphatic heterocycles. The van der Waals surface area contributed by atoms with Gasteiger partial charge in [-0.3, -0.25) is 4.79 Å². The molecule has 5 N–H and O–H groups in total. The number of benzene rings is 1. The van der Waals surface area contributed by atoms with Gasteiger partial charge in [0.15, 0.2) is 5.16 Å². The Morgan fingerprint density at radius 1 is 1.13 bits per heavy atom. The molecule has 1 aromatic heterocycles. The summed E-state index contributed by atoms with van der Waals surface area (Å²) in [5, 5.41) is 2.98. The topological polar surface area (TPSA) is 107 Å². The molecular formula is C16H21N5OS. The van der Waals surface area contributed by atoms with Crippen molar-refractivity contribution in [3.8, 4) is 0 Å². The molecule has 0 spiro atoms. The van der Waals surface area contributed by atoms with E-state index in [1.54, 1.807) is 6.92 Å². The van der Waals surface area contributed by atoms with Crippen LogP contribution in [0.25, 0.3) is 0 Å². The zero-order chi connectivity index (χ0) is 17.0. The third-order valence-corrected chi connectivity index (χ3v) is 4.20. The molecule has 0 aliphatic carbocycles. The second kappa shape index (κ2) is 7.32. The highest BCUT2D eigenvalue weighted by atomic mass is 32.2. The van der Waals surface area contributed by atoms with Crippen LogP contribution >= 0.6 is 11.8 Å². The Hall–Kier alpha value is -2.28. The van der Waals surface area contributed by atoms with E-state index in [1.807, 2.05) is 24.3 Å². The van der Waals surface area contributed by atoms with Crippen LogP contribution in [-0.4, -0.2) is 21.1 Å². The lowest BCUT2D eigenvalue weighted by atomic mass is 10.0. The monoisotopic (exact) mass is 331 g/mol. The van der Waals surface area contributed by atoms with E-state index in [4.69, 9.17) is 11.5 Å². The molecule has 0 radical (unpaired) electrons. The molecule has 1 unspecified atom stereocenters. The average molecular weight is 331 g/mol. The van der Waals surface area contributed by atoms with Gasteiger partial charge in [0.05, 0.1) is 5.25 Å². The number of hydrogen-bond acceptors (Lipinski definition) is 6. The van der Waals surface area contributed by atoms with Crippen molar-refractivity contribution in [1.82, 2.24) is 9.97 Å². The first-order valence-corrected chi connectivity index (χ1v) is 8.21. The Labute approximate surface area is 140 Å². The predicted octanol–water partition coefficient (Wildman–Crippen LogP) is 2.88. The van der Waals surface area contributed by atoms with Crippen molar-refractivity contribution in [3.05, 3.63) is 35.9 Å². The maximum atomic E-state index is 12.4. The molecule has 0 bridgehead atoms. The van der Waals surface area contributed by atoms with Crippen LogP contribution in [0, 0.1) is 0 Å².